The molecule has 1 aromatic rings. The first-order valence-electron chi connectivity index (χ1n) is 6.29. The van der Waals surface area contributed by atoms with E-state index in [9.17, 15) is 4.79 Å². The minimum absolute atomic E-state index is 0.0491. The van der Waals surface area contributed by atoms with Gasteiger partial charge in [-0.25, -0.2) is 0 Å². The van der Waals surface area contributed by atoms with Crippen LogP contribution in [-0.4, -0.2) is 38.8 Å². The fraction of sp³-hybridized carbons (Fsp3) is 0.500. The summed E-state index contributed by atoms with van der Waals surface area (Å²) in [6.45, 7) is 5.85. The highest BCUT2D eigenvalue weighted by Gasteiger charge is 2.31. The monoisotopic (exact) mass is 248 g/mol. The molecule has 1 aromatic carbocycles. The zero-order valence-corrected chi connectivity index (χ0v) is 11.2. The summed E-state index contributed by atoms with van der Waals surface area (Å²) < 4.78 is 5.51. The van der Waals surface area contributed by atoms with Crippen molar-refractivity contribution in [1.82, 2.24) is 5.32 Å². The van der Waals surface area contributed by atoms with Crippen LogP contribution in [0.4, 0.5) is 5.69 Å². The van der Waals surface area contributed by atoms with Crippen molar-refractivity contribution in [2.24, 2.45) is 0 Å². The lowest BCUT2D eigenvalue weighted by atomic mass is 10.1. The van der Waals surface area contributed by atoms with Gasteiger partial charge in [0, 0.05) is 18.8 Å². The van der Waals surface area contributed by atoms with Crippen molar-refractivity contribution in [3.63, 3.8) is 0 Å². The van der Waals surface area contributed by atoms with Gasteiger partial charge in [-0.3, -0.25) is 4.79 Å². The summed E-state index contributed by atoms with van der Waals surface area (Å²) in [4.78, 5) is 14.2. The van der Waals surface area contributed by atoms with Crippen LogP contribution >= 0.6 is 0 Å². The Balaban J connectivity index is 2.29. The van der Waals surface area contributed by atoms with E-state index in [1.165, 1.54) is 0 Å². The normalized spacial score (nSPS) is 20.3. The number of nitrogens with one attached hydrogen (secondary N) is 1. The third-order valence-electron chi connectivity index (χ3n) is 3.27. The Morgan fingerprint density at radius 3 is 2.67 bits per heavy atom. The number of likely N-dealkylation sites (N-methyl/N-ethyl adjacent to an activating group) is 1. The van der Waals surface area contributed by atoms with Crippen molar-refractivity contribution in [3.05, 3.63) is 29.3 Å². The summed E-state index contributed by atoms with van der Waals surface area (Å²) >= 11 is 0. The number of rotatable bonds is 3. The van der Waals surface area contributed by atoms with Crippen LogP contribution in [0, 0.1) is 13.8 Å². The molecule has 18 heavy (non-hydrogen) atoms. The number of morpholine rings is 1. The Morgan fingerprint density at radius 2 is 2.06 bits per heavy atom. The van der Waals surface area contributed by atoms with Crippen LogP contribution in [0.15, 0.2) is 18.2 Å². The number of ether oxygens (including phenoxy) is 1. The van der Waals surface area contributed by atoms with E-state index in [4.69, 9.17) is 4.74 Å². The van der Waals surface area contributed by atoms with Crippen molar-refractivity contribution in [3.8, 4) is 0 Å². The van der Waals surface area contributed by atoms with Gasteiger partial charge in [-0.05, 0) is 32.0 Å². The molecule has 4 heteroatoms. The number of amides is 1. The predicted molar refractivity (Wildman–Crippen MR) is 71.9 cm³/mol. The molecule has 0 saturated carbocycles. The molecule has 4 nitrogen and oxygen atoms in total. The number of carbonyl (C=O) groups is 1. The molecule has 1 unspecified atom stereocenters. The van der Waals surface area contributed by atoms with E-state index in [0.717, 1.165) is 16.8 Å². The van der Waals surface area contributed by atoms with Crippen LogP contribution in [0.1, 0.15) is 11.1 Å². The second-order valence-electron chi connectivity index (χ2n) is 4.65. The molecule has 1 N–H and O–H groups in total. The maximum absolute atomic E-state index is 12.4. The van der Waals surface area contributed by atoms with Crippen LogP contribution < -0.4 is 10.2 Å². The number of hydrogen-bond donors (Lipinski definition) is 1. The van der Waals surface area contributed by atoms with E-state index in [0.29, 0.717) is 19.7 Å². The second kappa shape index (κ2) is 5.50. The average molecular weight is 248 g/mol. The molecule has 1 fully saturated rings. The lowest BCUT2D eigenvalue weighted by Gasteiger charge is -2.34. The number of aryl methyl sites for hydroxylation is 2. The molecule has 0 radical (unpaired) electrons. The fourth-order valence-corrected chi connectivity index (χ4v) is 2.43. The summed E-state index contributed by atoms with van der Waals surface area (Å²) in [6, 6.07) is 6.10. The molecule has 98 valence electrons. The SMILES string of the molecule is CNCC1OCCN(c2c(C)cccc2C)C1=O. The van der Waals surface area contributed by atoms with E-state index in [1.807, 2.05) is 44.0 Å². The quantitative estimate of drug-likeness (QED) is 0.875. The Labute approximate surface area is 108 Å². The van der Waals surface area contributed by atoms with Gasteiger partial charge < -0.3 is 15.0 Å². The van der Waals surface area contributed by atoms with Crippen LogP contribution in [0.5, 0.6) is 0 Å². The van der Waals surface area contributed by atoms with Crippen molar-refractivity contribution in [2.75, 3.05) is 31.6 Å². The zero-order valence-electron chi connectivity index (χ0n) is 11.2. The molecule has 0 aromatic heterocycles. The maximum atomic E-state index is 12.4. The molecule has 1 aliphatic rings. The van der Waals surface area contributed by atoms with Crippen molar-refractivity contribution < 1.29 is 9.53 Å². The molecule has 1 saturated heterocycles. The zero-order chi connectivity index (χ0) is 13.1. The largest absolute Gasteiger partial charge is 0.365 e. The molecule has 2 rings (SSSR count). The van der Waals surface area contributed by atoms with E-state index < -0.39 is 0 Å². The summed E-state index contributed by atoms with van der Waals surface area (Å²) in [5.74, 6) is 0.0491. The Bertz CT molecular complexity index is 423. The van der Waals surface area contributed by atoms with Crippen molar-refractivity contribution in [2.45, 2.75) is 20.0 Å². The van der Waals surface area contributed by atoms with E-state index >= 15 is 0 Å². The molecule has 1 aliphatic heterocycles. The van der Waals surface area contributed by atoms with E-state index in [-0.39, 0.29) is 12.0 Å². The fourth-order valence-electron chi connectivity index (χ4n) is 2.43. The van der Waals surface area contributed by atoms with Crippen LogP contribution in [0.3, 0.4) is 0 Å². The van der Waals surface area contributed by atoms with Gasteiger partial charge in [0.25, 0.3) is 5.91 Å². The Kier molecular flexibility index (Phi) is 3.99. The first-order chi connectivity index (χ1) is 8.65. The van der Waals surface area contributed by atoms with Gasteiger partial charge >= 0.3 is 0 Å². The van der Waals surface area contributed by atoms with E-state index in [2.05, 4.69) is 5.32 Å². The third kappa shape index (κ3) is 2.40. The molecule has 1 heterocycles. The number of benzene rings is 1. The van der Waals surface area contributed by atoms with Gasteiger partial charge in [-0.2, -0.15) is 0 Å². The highest BCUT2D eigenvalue weighted by atomic mass is 16.5. The molecule has 0 bridgehead atoms. The topological polar surface area (TPSA) is 41.6 Å². The van der Waals surface area contributed by atoms with Crippen LogP contribution in [0.25, 0.3) is 0 Å². The first-order valence-corrected chi connectivity index (χ1v) is 6.29. The first kappa shape index (κ1) is 13.1. The Hall–Kier alpha value is -1.39. The minimum Gasteiger partial charge on any atom is -0.365 e. The summed E-state index contributed by atoms with van der Waals surface area (Å²) in [5, 5.41) is 3.00. The summed E-state index contributed by atoms with van der Waals surface area (Å²) in [6.07, 6.45) is -0.372. The van der Waals surface area contributed by atoms with Crippen molar-refractivity contribution >= 4 is 11.6 Å². The highest BCUT2D eigenvalue weighted by Crippen LogP contribution is 2.26. The number of anilines is 1. The van der Waals surface area contributed by atoms with Gasteiger partial charge in [0.05, 0.1) is 6.61 Å². The second-order valence-corrected chi connectivity index (χ2v) is 4.65. The molecule has 0 aliphatic carbocycles. The van der Waals surface area contributed by atoms with Crippen LogP contribution in [0.2, 0.25) is 0 Å². The van der Waals surface area contributed by atoms with E-state index in [1.54, 1.807) is 0 Å². The molecule has 0 spiro atoms. The van der Waals surface area contributed by atoms with Gasteiger partial charge in [0.1, 0.15) is 6.10 Å². The number of hydrogen-bond acceptors (Lipinski definition) is 3. The molecule has 1 atom stereocenters. The molecular formula is C14H20N2O2. The maximum Gasteiger partial charge on any atom is 0.257 e. The number of para-hydroxylation sites is 1. The third-order valence-corrected chi connectivity index (χ3v) is 3.27. The standard InChI is InChI=1S/C14H20N2O2/c1-10-5-4-6-11(2)13(10)16-7-8-18-12(9-15-3)14(16)17/h4-6,12,15H,7-9H2,1-3H3. The number of nitrogens with zero attached hydrogens (tertiary/aromatic N) is 1. The average Bonchev–Trinajstić information content (AvgIpc) is 2.33. The van der Waals surface area contributed by atoms with Gasteiger partial charge in [0.2, 0.25) is 0 Å². The van der Waals surface area contributed by atoms with Gasteiger partial charge in [0.15, 0.2) is 0 Å². The predicted octanol–water partition coefficient (Wildman–Crippen LogP) is 1.25. The summed E-state index contributed by atoms with van der Waals surface area (Å²) in [5.41, 5.74) is 3.30. The smallest absolute Gasteiger partial charge is 0.257 e. The van der Waals surface area contributed by atoms with Crippen LogP contribution in [-0.2, 0) is 9.53 Å². The number of carbonyl (C=O) groups excluding carboxylic acids is 1. The minimum atomic E-state index is -0.372. The Morgan fingerprint density at radius 1 is 1.39 bits per heavy atom. The van der Waals surface area contributed by atoms with Crippen molar-refractivity contribution in [1.29, 1.82) is 0 Å². The summed E-state index contributed by atoms with van der Waals surface area (Å²) in [7, 11) is 1.83. The van der Waals surface area contributed by atoms with Gasteiger partial charge in [-0.1, -0.05) is 18.2 Å². The van der Waals surface area contributed by atoms with Gasteiger partial charge in [-0.15, -0.1) is 0 Å². The lowest BCUT2D eigenvalue weighted by Crippen LogP contribution is -2.51. The highest BCUT2D eigenvalue weighted by molar-refractivity contribution is 5.98. The molecule has 1 amide bonds. The molecular weight excluding hydrogens is 228 g/mol. The lowest BCUT2D eigenvalue weighted by molar-refractivity contribution is -0.133.